The van der Waals surface area contributed by atoms with Crippen LogP contribution in [0.5, 0.6) is 0 Å². The van der Waals surface area contributed by atoms with Crippen molar-refractivity contribution in [2.45, 2.75) is 19.3 Å². The van der Waals surface area contributed by atoms with E-state index in [1.165, 1.54) is 64.1 Å². The normalized spacial score (nSPS) is 18.4. The van der Waals surface area contributed by atoms with Crippen LogP contribution < -0.4 is 0 Å². The van der Waals surface area contributed by atoms with Gasteiger partial charge in [-0.2, -0.15) is 0 Å². The van der Waals surface area contributed by atoms with E-state index in [0.29, 0.717) is 0 Å². The van der Waals surface area contributed by atoms with Crippen molar-refractivity contribution in [3.63, 3.8) is 0 Å². The Kier molecular flexibility index (Phi) is 6.90. The first-order chi connectivity index (χ1) is 9.38. The first kappa shape index (κ1) is 15.0. The third-order valence-corrected chi connectivity index (χ3v) is 4.22. The molecule has 1 aliphatic heterocycles. The second kappa shape index (κ2) is 8.72. The van der Waals surface area contributed by atoms with Crippen LogP contribution in [-0.4, -0.2) is 54.4 Å². The maximum Gasteiger partial charge on any atom is 0.0159 e. The Morgan fingerprint density at radius 2 is 1.58 bits per heavy atom. The van der Waals surface area contributed by atoms with E-state index in [4.69, 9.17) is 0 Å². The summed E-state index contributed by atoms with van der Waals surface area (Å²) in [5.74, 6) is 0. The predicted molar refractivity (Wildman–Crippen MR) is 86.1 cm³/mol. The van der Waals surface area contributed by atoms with Crippen molar-refractivity contribution in [1.29, 1.82) is 0 Å². The van der Waals surface area contributed by atoms with Crippen molar-refractivity contribution < 1.29 is 0 Å². The maximum atomic E-state index is 3.54. The Morgan fingerprint density at radius 3 is 2.26 bits per heavy atom. The minimum atomic E-state index is 1.10. The van der Waals surface area contributed by atoms with E-state index in [-0.39, 0.29) is 0 Å². The third kappa shape index (κ3) is 5.64. The molecule has 1 aliphatic rings. The number of nitrogens with zero attached hydrogens (tertiary/aromatic N) is 2. The zero-order valence-corrected chi connectivity index (χ0v) is 13.3. The van der Waals surface area contributed by atoms with Crippen LogP contribution in [0.25, 0.3) is 0 Å². The molecule has 1 aromatic rings. The highest BCUT2D eigenvalue weighted by molar-refractivity contribution is 9.09. The molecule has 0 aromatic heterocycles. The van der Waals surface area contributed by atoms with Crippen LogP contribution in [0, 0.1) is 0 Å². The number of rotatable bonds is 6. The molecule has 2 nitrogen and oxygen atoms in total. The van der Waals surface area contributed by atoms with Gasteiger partial charge in [0.1, 0.15) is 0 Å². The van der Waals surface area contributed by atoms with Crippen molar-refractivity contribution in [2.24, 2.45) is 0 Å². The number of alkyl halides is 1. The summed E-state index contributed by atoms with van der Waals surface area (Å²) in [4.78, 5) is 5.21. The van der Waals surface area contributed by atoms with Crippen molar-refractivity contribution in [2.75, 3.05) is 44.6 Å². The molecular formula is C16H25BrN2. The van der Waals surface area contributed by atoms with E-state index < -0.39 is 0 Å². The van der Waals surface area contributed by atoms with E-state index in [1.54, 1.807) is 0 Å². The number of hydrogen-bond acceptors (Lipinski definition) is 2. The van der Waals surface area contributed by atoms with Crippen LogP contribution in [0.15, 0.2) is 30.3 Å². The molecule has 0 radical (unpaired) electrons. The summed E-state index contributed by atoms with van der Waals surface area (Å²) in [5.41, 5.74) is 1.47. The van der Waals surface area contributed by atoms with E-state index in [1.807, 2.05) is 0 Å². The molecule has 3 heteroatoms. The minimum absolute atomic E-state index is 1.10. The third-order valence-electron chi connectivity index (χ3n) is 3.86. The van der Waals surface area contributed by atoms with Gasteiger partial charge in [-0.15, -0.1) is 0 Å². The van der Waals surface area contributed by atoms with Crippen LogP contribution in [0.2, 0.25) is 0 Å². The summed E-state index contributed by atoms with van der Waals surface area (Å²) in [6.07, 6.45) is 3.81. The predicted octanol–water partition coefficient (Wildman–Crippen LogP) is 3.02. The monoisotopic (exact) mass is 324 g/mol. The van der Waals surface area contributed by atoms with Gasteiger partial charge >= 0.3 is 0 Å². The van der Waals surface area contributed by atoms with Gasteiger partial charge in [0.25, 0.3) is 0 Å². The molecular weight excluding hydrogens is 300 g/mol. The molecule has 0 amide bonds. The molecule has 0 unspecified atom stereocenters. The van der Waals surface area contributed by atoms with Crippen LogP contribution >= 0.6 is 15.9 Å². The second-order valence-electron chi connectivity index (χ2n) is 5.31. The van der Waals surface area contributed by atoms with Gasteiger partial charge in [-0.3, -0.25) is 0 Å². The van der Waals surface area contributed by atoms with Gasteiger partial charge in [0.15, 0.2) is 0 Å². The fraction of sp³-hybridized carbons (Fsp3) is 0.625. The molecule has 0 N–H and O–H groups in total. The van der Waals surface area contributed by atoms with Gasteiger partial charge in [-0.1, -0.05) is 46.3 Å². The standard InChI is InChI=1S/C16H25BrN2/c17-9-13-19-12-5-11-18(14-15-19)10-4-8-16-6-2-1-3-7-16/h1-3,6-7H,4-5,8-15H2. The Balaban J connectivity index is 1.66. The zero-order chi connectivity index (χ0) is 13.3. The lowest BCUT2D eigenvalue weighted by atomic mass is 10.1. The zero-order valence-electron chi connectivity index (χ0n) is 11.7. The molecule has 1 heterocycles. The summed E-state index contributed by atoms with van der Waals surface area (Å²) < 4.78 is 0. The second-order valence-corrected chi connectivity index (χ2v) is 6.11. The van der Waals surface area contributed by atoms with E-state index in [0.717, 1.165) is 5.33 Å². The van der Waals surface area contributed by atoms with Gasteiger partial charge < -0.3 is 9.80 Å². The minimum Gasteiger partial charge on any atom is -0.302 e. The average molecular weight is 325 g/mol. The highest BCUT2D eigenvalue weighted by atomic mass is 79.9. The van der Waals surface area contributed by atoms with Crippen LogP contribution in [0.4, 0.5) is 0 Å². The molecule has 0 bridgehead atoms. The van der Waals surface area contributed by atoms with E-state index >= 15 is 0 Å². The number of aryl methyl sites for hydroxylation is 1. The van der Waals surface area contributed by atoms with Crippen LogP contribution in [-0.2, 0) is 6.42 Å². The lowest BCUT2D eigenvalue weighted by molar-refractivity contribution is 0.262. The molecule has 1 saturated heterocycles. The summed E-state index contributed by atoms with van der Waals surface area (Å²) in [7, 11) is 0. The Morgan fingerprint density at radius 1 is 0.895 bits per heavy atom. The van der Waals surface area contributed by atoms with Gasteiger partial charge in [0.05, 0.1) is 0 Å². The number of hydrogen-bond donors (Lipinski definition) is 0. The van der Waals surface area contributed by atoms with Gasteiger partial charge in [-0.25, -0.2) is 0 Å². The highest BCUT2D eigenvalue weighted by Gasteiger charge is 2.13. The van der Waals surface area contributed by atoms with Crippen molar-refractivity contribution in [1.82, 2.24) is 9.80 Å². The SMILES string of the molecule is BrCCN1CCCN(CCCc2ccccc2)CC1. The van der Waals surface area contributed by atoms with Crippen LogP contribution in [0.1, 0.15) is 18.4 Å². The van der Waals surface area contributed by atoms with E-state index in [9.17, 15) is 0 Å². The fourth-order valence-electron chi connectivity index (χ4n) is 2.74. The molecule has 2 rings (SSSR count). The van der Waals surface area contributed by atoms with E-state index in [2.05, 4.69) is 56.1 Å². The molecule has 0 aliphatic carbocycles. The Bertz CT molecular complexity index is 342. The fourth-order valence-corrected chi connectivity index (χ4v) is 3.24. The highest BCUT2D eigenvalue weighted by Crippen LogP contribution is 2.07. The number of benzene rings is 1. The lowest BCUT2D eigenvalue weighted by Gasteiger charge is -2.21. The summed E-state index contributed by atoms with van der Waals surface area (Å²) in [5, 5.41) is 1.10. The van der Waals surface area contributed by atoms with Gasteiger partial charge in [-0.05, 0) is 44.5 Å². The van der Waals surface area contributed by atoms with Crippen molar-refractivity contribution >= 4 is 15.9 Å². The maximum absolute atomic E-state index is 3.54. The molecule has 0 atom stereocenters. The van der Waals surface area contributed by atoms with Crippen LogP contribution in [0.3, 0.4) is 0 Å². The number of halogens is 1. The molecule has 106 valence electrons. The molecule has 1 aromatic carbocycles. The molecule has 1 fully saturated rings. The Labute approximate surface area is 125 Å². The first-order valence-electron chi connectivity index (χ1n) is 7.43. The topological polar surface area (TPSA) is 6.48 Å². The Hall–Kier alpha value is -0.380. The lowest BCUT2D eigenvalue weighted by Crippen LogP contribution is -2.32. The van der Waals surface area contributed by atoms with Crippen molar-refractivity contribution in [3.8, 4) is 0 Å². The first-order valence-corrected chi connectivity index (χ1v) is 8.55. The quantitative estimate of drug-likeness (QED) is 0.742. The van der Waals surface area contributed by atoms with Gasteiger partial charge in [0, 0.05) is 25.0 Å². The smallest absolute Gasteiger partial charge is 0.0159 e. The summed E-state index contributed by atoms with van der Waals surface area (Å²) in [6.45, 7) is 7.45. The molecule has 0 spiro atoms. The largest absolute Gasteiger partial charge is 0.302 e. The van der Waals surface area contributed by atoms with Gasteiger partial charge in [0.2, 0.25) is 0 Å². The van der Waals surface area contributed by atoms with Crippen molar-refractivity contribution in [3.05, 3.63) is 35.9 Å². The molecule has 0 saturated carbocycles. The molecule has 19 heavy (non-hydrogen) atoms. The average Bonchev–Trinajstić information content (AvgIpc) is 2.66. The summed E-state index contributed by atoms with van der Waals surface area (Å²) in [6, 6.07) is 10.8. The summed E-state index contributed by atoms with van der Waals surface area (Å²) >= 11 is 3.54.